The maximum absolute atomic E-state index is 12.3. The van der Waals surface area contributed by atoms with Gasteiger partial charge in [-0.15, -0.1) is 0 Å². The number of amides is 2. The fraction of sp³-hybridized carbons (Fsp3) is 0.882. The molecule has 7 nitrogen and oxygen atoms in total. The number of aliphatic hydroxyl groups is 1. The van der Waals surface area contributed by atoms with Crippen LogP contribution in [0.1, 0.15) is 41.5 Å². The van der Waals surface area contributed by atoms with Crippen LogP contribution in [0.3, 0.4) is 0 Å². The van der Waals surface area contributed by atoms with E-state index >= 15 is 0 Å². The molecule has 0 spiro atoms. The molecule has 138 valence electrons. The highest BCUT2D eigenvalue weighted by molar-refractivity contribution is 5.70. The van der Waals surface area contributed by atoms with Gasteiger partial charge in [0, 0.05) is 37.5 Å². The van der Waals surface area contributed by atoms with Gasteiger partial charge in [0.15, 0.2) is 0 Å². The van der Waals surface area contributed by atoms with Gasteiger partial charge in [0.25, 0.3) is 0 Å². The summed E-state index contributed by atoms with van der Waals surface area (Å²) in [6.07, 6.45) is -0.734. The van der Waals surface area contributed by atoms with E-state index in [-0.39, 0.29) is 24.7 Å². The summed E-state index contributed by atoms with van der Waals surface area (Å²) in [7, 11) is 0. The van der Waals surface area contributed by atoms with Gasteiger partial charge < -0.3 is 24.4 Å². The molecule has 2 amide bonds. The van der Waals surface area contributed by atoms with E-state index in [4.69, 9.17) is 9.47 Å². The summed E-state index contributed by atoms with van der Waals surface area (Å²) in [4.78, 5) is 27.8. The van der Waals surface area contributed by atoms with Crippen molar-refractivity contribution in [1.82, 2.24) is 9.80 Å². The minimum absolute atomic E-state index is 0.0301. The second-order valence-corrected chi connectivity index (χ2v) is 8.94. The topological polar surface area (TPSA) is 79.3 Å². The summed E-state index contributed by atoms with van der Waals surface area (Å²) < 4.78 is 10.8. The van der Waals surface area contributed by atoms with Gasteiger partial charge in [0.1, 0.15) is 11.2 Å². The molecular weight excluding hydrogens is 312 g/mol. The second kappa shape index (κ2) is 6.10. The second-order valence-electron chi connectivity index (χ2n) is 8.94. The molecule has 0 aromatic carbocycles. The molecule has 2 aliphatic rings. The number of ether oxygens (including phenoxy) is 2. The van der Waals surface area contributed by atoms with E-state index in [0.29, 0.717) is 26.2 Å². The van der Waals surface area contributed by atoms with Gasteiger partial charge in [-0.05, 0) is 41.5 Å². The van der Waals surface area contributed by atoms with Gasteiger partial charge >= 0.3 is 12.2 Å². The van der Waals surface area contributed by atoms with Gasteiger partial charge in [-0.3, -0.25) is 0 Å². The van der Waals surface area contributed by atoms with Crippen LogP contribution in [0.5, 0.6) is 0 Å². The molecule has 0 saturated carbocycles. The van der Waals surface area contributed by atoms with E-state index in [9.17, 15) is 14.7 Å². The normalized spacial score (nSPS) is 27.2. The molecule has 0 aromatic heterocycles. The highest BCUT2D eigenvalue weighted by atomic mass is 16.6. The third-order valence-electron chi connectivity index (χ3n) is 4.38. The van der Waals surface area contributed by atoms with Crippen LogP contribution in [-0.2, 0) is 9.47 Å². The quantitative estimate of drug-likeness (QED) is 0.789. The third kappa shape index (κ3) is 4.12. The molecule has 2 saturated heterocycles. The molecule has 0 aromatic rings. The molecule has 2 rings (SSSR count). The summed E-state index contributed by atoms with van der Waals surface area (Å²) in [6, 6.07) is 0. The average Bonchev–Trinajstić information content (AvgIpc) is 2.88. The Morgan fingerprint density at radius 3 is 1.58 bits per heavy atom. The minimum atomic E-state index is -0.552. The van der Waals surface area contributed by atoms with E-state index in [1.807, 2.05) is 41.5 Å². The summed E-state index contributed by atoms with van der Waals surface area (Å²) in [5.74, 6) is 0.0301. The molecular formula is C17H30N2O5. The van der Waals surface area contributed by atoms with Crippen molar-refractivity contribution >= 4 is 12.2 Å². The minimum Gasteiger partial charge on any atom is -0.444 e. The smallest absolute Gasteiger partial charge is 0.410 e. The molecule has 2 fully saturated rings. The molecule has 0 unspecified atom stereocenters. The maximum atomic E-state index is 12.3. The Balaban J connectivity index is 2.02. The van der Waals surface area contributed by atoms with Crippen LogP contribution in [0.25, 0.3) is 0 Å². The zero-order valence-electron chi connectivity index (χ0n) is 15.6. The summed E-state index contributed by atoms with van der Waals surface area (Å²) >= 11 is 0. The van der Waals surface area contributed by atoms with Crippen molar-refractivity contribution in [1.29, 1.82) is 0 Å². The molecule has 7 heteroatoms. The Kier molecular flexibility index (Phi) is 4.78. The highest BCUT2D eigenvalue weighted by Gasteiger charge is 2.55. The van der Waals surface area contributed by atoms with Crippen LogP contribution >= 0.6 is 0 Å². The zero-order valence-corrected chi connectivity index (χ0v) is 15.6. The lowest BCUT2D eigenvalue weighted by Gasteiger charge is -2.29. The van der Waals surface area contributed by atoms with E-state index in [1.165, 1.54) is 0 Å². The first-order valence-electron chi connectivity index (χ1n) is 8.42. The van der Waals surface area contributed by atoms with E-state index in [2.05, 4.69) is 0 Å². The first kappa shape index (κ1) is 18.8. The van der Waals surface area contributed by atoms with Crippen molar-refractivity contribution in [2.45, 2.75) is 52.7 Å². The van der Waals surface area contributed by atoms with Crippen LogP contribution < -0.4 is 0 Å². The Hall–Kier alpha value is -1.50. The Morgan fingerprint density at radius 2 is 1.33 bits per heavy atom. The Bertz CT molecular complexity index is 466. The van der Waals surface area contributed by atoms with Crippen molar-refractivity contribution in [3.63, 3.8) is 0 Å². The number of likely N-dealkylation sites (tertiary alicyclic amines) is 2. The lowest BCUT2D eigenvalue weighted by atomic mass is 9.82. The number of hydrogen-bond acceptors (Lipinski definition) is 5. The molecule has 2 aliphatic heterocycles. The largest absolute Gasteiger partial charge is 0.444 e. The average molecular weight is 342 g/mol. The standard InChI is InChI=1S/C17H30N2O5/c1-15(2,3)23-13(21)18-7-12-8-19(10-17(12,9-18)11-20)14(22)24-16(4,5)6/h12,20H,7-11H2,1-6H3. The Morgan fingerprint density at radius 1 is 0.958 bits per heavy atom. The zero-order chi connectivity index (χ0) is 18.3. The predicted molar refractivity (Wildman–Crippen MR) is 88.6 cm³/mol. The van der Waals surface area contributed by atoms with Crippen LogP contribution in [0, 0.1) is 11.3 Å². The SMILES string of the molecule is CC(C)(C)OC(=O)N1CC2CN(C(=O)OC(C)(C)C)CC2(CO)C1. The van der Waals surface area contributed by atoms with Crippen LogP contribution in [0.2, 0.25) is 0 Å². The number of carbonyl (C=O) groups is 2. The fourth-order valence-corrected chi connectivity index (χ4v) is 3.33. The number of carbonyl (C=O) groups excluding carboxylic acids is 2. The van der Waals surface area contributed by atoms with E-state index < -0.39 is 16.6 Å². The van der Waals surface area contributed by atoms with Gasteiger partial charge in [-0.2, -0.15) is 0 Å². The molecule has 0 atom stereocenters. The monoisotopic (exact) mass is 342 g/mol. The number of nitrogens with zero attached hydrogens (tertiary/aromatic N) is 2. The third-order valence-corrected chi connectivity index (χ3v) is 4.38. The first-order valence-corrected chi connectivity index (χ1v) is 8.42. The van der Waals surface area contributed by atoms with Gasteiger partial charge in [-0.25, -0.2) is 9.59 Å². The van der Waals surface area contributed by atoms with Gasteiger partial charge in [-0.1, -0.05) is 0 Å². The predicted octanol–water partition coefficient (Wildman–Crippen LogP) is 2.08. The summed E-state index contributed by atoms with van der Waals surface area (Å²) in [6.45, 7) is 12.6. The van der Waals surface area contributed by atoms with Crippen LogP contribution in [-0.4, -0.2) is 71.1 Å². The maximum Gasteiger partial charge on any atom is 0.410 e. The lowest BCUT2D eigenvalue weighted by Crippen LogP contribution is -2.43. The lowest BCUT2D eigenvalue weighted by molar-refractivity contribution is 0.0178. The van der Waals surface area contributed by atoms with E-state index in [1.54, 1.807) is 9.80 Å². The fourth-order valence-electron chi connectivity index (χ4n) is 3.33. The van der Waals surface area contributed by atoms with Gasteiger partial charge in [0.2, 0.25) is 0 Å². The molecule has 2 heterocycles. The number of rotatable bonds is 1. The van der Waals surface area contributed by atoms with Gasteiger partial charge in [0.05, 0.1) is 6.61 Å². The number of fused-ring (bicyclic) bond motifs is 1. The first-order chi connectivity index (χ1) is 10.9. The number of aliphatic hydroxyl groups excluding tert-OH is 1. The van der Waals surface area contributed by atoms with E-state index in [0.717, 1.165) is 0 Å². The molecule has 0 radical (unpaired) electrons. The molecule has 0 aliphatic carbocycles. The van der Waals surface area contributed by atoms with Crippen molar-refractivity contribution in [3.8, 4) is 0 Å². The summed E-state index contributed by atoms with van der Waals surface area (Å²) in [5, 5.41) is 9.93. The van der Waals surface area contributed by atoms with Crippen molar-refractivity contribution < 1.29 is 24.2 Å². The van der Waals surface area contributed by atoms with Crippen molar-refractivity contribution in [3.05, 3.63) is 0 Å². The highest BCUT2D eigenvalue weighted by Crippen LogP contribution is 2.42. The van der Waals surface area contributed by atoms with Crippen LogP contribution in [0.4, 0.5) is 9.59 Å². The molecule has 24 heavy (non-hydrogen) atoms. The Labute approximate surface area is 143 Å². The number of hydrogen-bond donors (Lipinski definition) is 1. The van der Waals surface area contributed by atoms with Crippen molar-refractivity contribution in [2.24, 2.45) is 11.3 Å². The van der Waals surface area contributed by atoms with Crippen LogP contribution in [0.15, 0.2) is 0 Å². The molecule has 1 N–H and O–H groups in total. The molecule has 0 bridgehead atoms. The van der Waals surface area contributed by atoms with Crippen molar-refractivity contribution in [2.75, 3.05) is 32.8 Å². The summed E-state index contributed by atoms with van der Waals surface area (Å²) in [5.41, 5.74) is -1.60.